The molecule has 0 aliphatic heterocycles. The van der Waals surface area contributed by atoms with Crippen LogP contribution in [-0.2, 0) is 5.33 Å². The van der Waals surface area contributed by atoms with Crippen LogP contribution in [0.4, 0.5) is 5.69 Å². The average molecular weight is 401 g/mol. The smallest absolute Gasteiger partial charge is 0.269 e. The van der Waals surface area contributed by atoms with Crippen molar-refractivity contribution in [2.75, 3.05) is 0 Å². The molecule has 0 aliphatic carbocycles. The van der Waals surface area contributed by atoms with Crippen LogP contribution >= 0.6 is 31.9 Å². The third kappa shape index (κ3) is 3.37. The van der Waals surface area contributed by atoms with Gasteiger partial charge >= 0.3 is 0 Å². The molecule has 2 aromatic carbocycles. The molecule has 4 nitrogen and oxygen atoms in total. The quantitative estimate of drug-likeness (QED) is 0.394. The monoisotopic (exact) mass is 399 g/mol. The zero-order valence-electron chi connectivity index (χ0n) is 10.6. The molecule has 0 saturated carbocycles. The molecule has 0 amide bonds. The topological polar surface area (TPSA) is 52.4 Å². The van der Waals surface area contributed by atoms with E-state index in [1.165, 1.54) is 12.1 Å². The van der Waals surface area contributed by atoms with Crippen LogP contribution in [0, 0.1) is 17.0 Å². The first-order chi connectivity index (χ1) is 9.51. The second-order valence-electron chi connectivity index (χ2n) is 4.19. The molecule has 0 spiro atoms. The number of aryl methyl sites for hydroxylation is 1. The lowest BCUT2D eigenvalue weighted by atomic mass is 10.2. The van der Waals surface area contributed by atoms with E-state index in [0.717, 1.165) is 21.3 Å². The van der Waals surface area contributed by atoms with Gasteiger partial charge in [0.2, 0.25) is 0 Å². The van der Waals surface area contributed by atoms with Crippen molar-refractivity contribution >= 4 is 37.5 Å². The molecule has 0 aromatic heterocycles. The van der Waals surface area contributed by atoms with E-state index in [4.69, 9.17) is 4.74 Å². The highest BCUT2D eigenvalue weighted by atomic mass is 79.9. The second kappa shape index (κ2) is 6.37. The molecule has 0 aliphatic rings. The van der Waals surface area contributed by atoms with E-state index in [-0.39, 0.29) is 5.69 Å². The first kappa shape index (κ1) is 15.0. The van der Waals surface area contributed by atoms with Gasteiger partial charge in [-0.3, -0.25) is 10.1 Å². The number of nitro benzene ring substituents is 1. The summed E-state index contributed by atoms with van der Waals surface area (Å²) in [5.41, 5.74) is 1.78. The van der Waals surface area contributed by atoms with E-state index < -0.39 is 4.92 Å². The van der Waals surface area contributed by atoms with Gasteiger partial charge in [-0.1, -0.05) is 31.9 Å². The summed E-state index contributed by atoms with van der Waals surface area (Å²) in [6.45, 7) is 1.79. The Labute approximate surface area is 133 Å². The minimum Gasteiger partial charge on any atom is -0.457 e. The van der Waals surface area contributed by atoms with Gasteiger partial charge in [-0.15, -0.1) is 0 Å². The van der Waals surface area contributed by atoms with E-state index in [0.29, 0.717) is 11.1 Å². The molecule has 104 valence electrons. The SMILES string of the molecule is Cc1cc([N+](=O)[O-])ccc1Oc1ccc(Br)cc1CBr. The lowest BCUT2D eigenvalue weighted by molar-refractivity contribution is -0.384. The van der Waals surface area contributed by atoms with Crippen LogP contribution in [0.15, 0.2) is 40.9 Å². The highest BCUT2D eigenvalue weighted by molar-refractivity contribution is 9.10. The summed E-state index contributed by atoms with van der Waals surface area (Å²) in [5.74, 6) is 1.34. The molecule has 0 heterocycles. The van der Waals surface area contributed by atoms with Gasteiger partial charge in [0.1, 0.15) is 11.5 Å². The molecule has 0 unspecified atom stereocenters. The number of halogens is 2. The minimum atomic E-state index is -0.416. The number of benzene rings is 2. The molecular formula is C14H11Br2NO3. The minimum absolute atomic E-state index is 0.0615. The van der Waals surface area contributed by atoms with Crippen LogP contribution in [0.2, 0.25) is 0 Å². The van der Waals surface area contributed by atoms with Crippen molar-refractivity contribution in [3.05, 3.63) is 62.1 Å². The van der Waals surface area contributed by atoms with Crippen molar-refractivity contribution < 1.29 is 9.66 Å². The van der Waals surface area contributed by atoms with Crippen LogP contribution in [-0.4, -0.2) is 4.92 Å². The highest BCUT2D eigenvalue weighted by Crippen LogP contribution is 2.32. The van der Waals surface area contributed by atoms with Crippen molar-refractivity contribution in [1.29, 1.82) is 0 Å². The number of non-ortho nitro benzene ring substituents is 1. The fourth-order valence-electron chi connectivity index (χ4n) is 1.73. The van der Waals surface area contributed by atoms with Crippen LogP contribution in [0.3, 0.4) is 0 Å². The van der Waals surface area contributed by atoms with Gasteiger partial charge in [0.15, 0.2) is 0 Å². The summed E-state index contributed by atoms with van der Waals surface area (Å²) in [5, 5.41) is 11.4. The maximum Gasteiger partial charge on any atom is 0.269 e. The molecule has 0 fully saturated rings. The van der Waals surface area contributed by atoms with Crippen LogP contribution in [0.1, 0.15) is 11.1 Å². The molecule has 0 bridgehead atoms. The van der Waals surface area contributed by atoms with Crippen LogP contribution in [0.25, 0.3) is 0 Å². The Morgan fingerprint density at radius 3 is 2.50 bits per heavy atom. The lowest BCUT2D eigenvalue weighted by Crippen LogP contribution is -1.94. The number of alkyl halides is 1. The van der Waals surface area contributed by atoms with E-state index >= 15 is 0 Å². The van der Waals surface area contributed by atoms with Gasteiger partial charge in [-0.2, -0.15) is 0 Å². The fourth-order valence-corrected chi connectivity index (χ4v) is 2.58. The van der Waals surface area contributed by atoms with Gasteiger partial charge in [0, 0.05) is 27.5 Å². The molecule has 2 aromatic rings. The molecule has 6 heteroatoms. The summed E-state index contributed by atoms with van der Waals surface area (Å²) in [7, 11) is 0. The summed E-state index contributed by atoms with van der Waals surface area (Å²) < 4.78 is 6.82. The molecule has 0 saturated heterocycles. The van der Waals surface area contributed by atoms with Gasteiger partial charge in [-0.25, -0.2) is 0 Å². The number of hydrogen-bond donors (Lipinski definition) is 0. The Kier molecular flexibility index (Phi) is 4.77. The van der Waals surface area contributed by atoms with Crippen molar-refractivity contribution in [3.8, 4) is 11.5 Å². The number of rotatable bonds is 4. The number of hydrogen-bond acceptors (Lipinski definition) is 3. The largest absolute Gasteiger partial charge is 0.457 e. The Balaban J connectivity index is 2.33. The first-order valence-electron chi connectivity index (χ1n) is 5.78. The standard InChI is InChI=1S/C14H11Br2NO3/c1-9-6-12(17(18)19)3-5-13(9)20-14-4-2-11(16)7-10(14)8-15/h2-7H,8H2,1H3. The van der Waals surface area contributed by atoms with Gasteiger partial charge < -0.3 is 4.74 Å². The predicted octanol–water partition coefficient (Wildman–Crippen LogP) is 5.35. The molecular weight excluding hydrogens is 390 g/mol. The Morgan fingerprint density at radius 1 is 1.20 bits per heavy atom. The molecule has 20 heavy (non-hydrogen) atoms. The number of nitrogens with zero attached hydrogens (tertiary/aromatic N) is 1. The summed E-state index contributed by atoms with van der Waals surface area (Å²) in [6, 6.07) is 10.3. The highest BCUT2D eigenvalue weighted by Gasteiger charge is 2.11. The molecule has 0 atom stereocenters. The third-order valence-electron chi connectivity index (χ3n) is 2.76. The van der Waals surface area contributed by atoms with Gasteiger partial charge in [0.05, 0.1) is 4.92 Å². The Hall–Kier alpha value is -1.40. The zero-order chi connectivity index (χ0) is 14.7. The summed E-state index contributed by atoms with van der Waals surface area (Å²) >= 11 is 6.83. The van der Waals surface area contributed by atoms with E-state index in [1.54, 1.807) is 13.0 Å². The fraction of sp³-hybridized carbons (Fsp3) is 0.143. The molecule has 2 rings (SSSR count). The maximum atomic E-state index is 10.7. The summed E-state index contributed by atoms with van der Waals surface area (Å²) in [4.78, 5) is 10.3. The van der Waals surface area contributed by atoms with Crippen LogP contribution in [0.5, 0.6) is 11.5 Å². The van der Waals surface area contributed by atoms with E-state index in [9.17, 15) is 10.1 Å². The zero-order valence-corrected chi connectivity index (χ0v) is 13.8. The van der Waals surface area contributed by atoms with Gasteiger partial charge in [0.25, 0.3) is 5.69 Å². The van der Waals surface area contributed by atoms with E-state index in [1.807, 2.05) is 18.2 Å². The van der Waals surface area contributed by atoms with Crippen molar-refractivity contribution in [2.45, 2.75) is 12.3 Å². The number of nitro groups is 1. The van der Waals surface area contributed by atoms with Crippen molar-refractivity contribution in [2.24, 2.45) is 0 Å². The van der Waals surface area contributed by atoms with Gasteiger partial charge in [-0.05, 0) is 36.8 Å². The first-order valence-corrected chi connectivity index (χ1v) is 7.70. The normalized spacial score (nSPS) is 10.3. The Bertz CT molecular complexity index is 659. The number of ether oxygens (including phenoxy) is 1. The van der Waals surface area contributed by atoms with E-state index in [2.05, 4.69) is 31.9 Å². The second-order valence-corrected chi connectivity index (χ2v) is 5.67. The molecule has 0 radical (unpaired) electrons. The van der Waals surface area contributed by atoms with Crippen molar-refractivity contribution in [1.82, 2.24) is 0 Å². The summed E-state index contributed by atoms with van der Waals surface area (Å²) in [6.07, 6.45) is 0. The average Bonchev–Trinajstić information content (AvgIpc) is 2.42. The lowest BCUT2D eigenvalue weighted by Gasteiger charge is -2.12. The van der Waals surface area contributed by atoms with Crippen molar-refractivity contribution in [3.63, 3.8) is 0 Å². The predicted molar refractivity (Wildman–Crippen MR) is 84.7 cm³/mol. The Morgan fingerprint density at radius 2 is 1.90 bits per heavy atom. The van der Waals surface area contributed by atoms with Crippen LogP contribution < -0.4 is 4.74 Å². The molecule has 0 N–H and O–H groups in total. The third-order valence-corrected chi connectivity index (χ3v) is 3.85. The maximum absolute atomic E-state index is 10.7.